The van der Waals surface area contributed by atoms with Crippen molar-refractivity contribution in [2.45, 2.75) is 32.4 Å². The lowest BCUT2D eigenvalue weighted by atomic mass is 9.91. The summed E-state index contributed by atoms with van der Waals surface area (Å²) in [5.41, 5.74) is 2.35. The Labute approximate surface area is 119 Å². The molecular weight excluding hydrogens is 258 g/mol. The molecule has 3 nitrogen and oxygen atoms in total. The van der Waals surface area contributed by atoms with Crippen LogP contribution < -0.4 is 5.32 Å². The van der Waals surface area contributed by atoms with Crippen molar-refractivity contribution in [2.75, 3.05) is 7.05 Å². The summed E-state index contributed by atoms with van der Waals surface area (Å²) in [6.07, 6.45) is 1.72. The quantitative estimate of drug-likeness (QED) is 0.905. The van der Waals surface area contributed by atoms with E-state index in [4.69, 9.17) is 11.6 Å². The number of aromatic nitrogens is 2. The van der Waals surface area contributed by atoms with E-state index in [1.165, 1.54) is 5.56 Å². The van der Waals surface area contributed by atoms with E-state index in [2.05, 4.69) is 48.5 Å². The maximum Gasteiger partial charge on any atom is 0.0834 e. The second-order valence-electron chi connectivity index (χ2n) is 4.66. The number of benzene rings is 1. The number of hydrogen-bond donors (Lipinski definition) is 1. The molecular formula is C15H20ClN3. The Balaban J connectivity index is 2.37. The zero-order valence-corrected chi connectivity index (χ0v) is 12.4. The Kier molecular flexibility index (Phi) is 4.61. The third kappa shape index (κ3) is 2.82. The molecule has 0 saturated heterocycles. The largest absolute Gasteiger partial charge is 0.311 e. The lowest BCUT2D eigenvalue weighted by Gasteiger charge is -2.25. The second kappa shape index (κ2) is 6.22. The van der Waals surface area contributed by atoms with Gasteiger partial charge in [0.2, 0.25) is 0 Å². The van der Waals surface area contributed by atoms with Gasteiger partial charge in [0.1, 0.15) is 0 Å². The first kappa shape index (κ1) is 14.1. The molecule has 1 aromatic heterocycles. The molecule has 0 spiro atoms. The van der Waals surface area contributed by atoms with Crippen LogP contribution in [-0.4, -0.2) is 16.8 Å². The number of nitrogens with zero attached hydrogens (tertiary/aromatic N) is 2. The van der Waals surface area contributed by atoms with Crippen LogP contribution in [0.15, 0.2) is 36.5 Å². The predicted octanol–water partition coefficient (Wildman–Crippen LogP) is 3.62. The molecule has 0 aliphatic rings. The molecule has 0 bridgehead atoms. The van der Waals surface area contributed by atoms with Gasteiger partial charge in [0, 0.05) is 12.5 Å². The van der Waals surface area contributed by atoms with Gasteiger partial charge in [-0.3, -0.25) is 4.68 Å². The normalized spacial score (nSPS) is 14.3. The number of nitrogens with one attached hydrogen (secondary N) is 1. The Morgan fingerprint density at radius 2 is 2.00 bits per heavy atom. The average Bonchev–Trinajstić information content (AvgIpc) is 2.82. The molecule has 1 aromatic carbocycles. The topological polar surface area (TPSA) is 29.9 Å². The van der Waals surface area contributed by atoms with Gasteiger partial charge in [-0.1, -0.05) is 48.9 Å². The summed E-state index contributed by atoms with van der Waals surface area (Å²) < 4.78 is 1.96. The summed E-state index contributed by atoms with van der Waals surface area (Å²) in [7, 11) is 1.97. The fraction of sp³-hybridized carbons (Fsp3) is 0.400. The standard InChI is InChI=1S/C15H20ClN3/c1-4-19-15(13(16)10-18-19)14(17-3)11(2)12-8-6-5-7-9-12/h5-11,14,17H,4H2,1-3H3. The van der Waals surface area contributed by atoms with Crippen LogP contribution in [-0.2, 0) is 6.54 Å². The van der Waals surface area contributed by atoms with Gasteiger partial charge < -0.3 is 5.32 Å². The van der Waals surface area contributed by atoms with Gasteiger partial charge in [-0.05, 0) is 19.5 Å². The van der Waals surface area contributed by atoms with Crippen LogP contribution in [0.2, 0.25) is 5.02 Å². The number of rotatable bonds is 5. The minimum absolute atomic E-state index is 0.150. The van der Waals surface area contributed by atoms with Crippen LogP contribution in [0, 0.1) is 0 Å². The van der Waals surface area contributed by atoms with Crippen molar-refractivity contribution < 1.29 is 0 Å². The summed E-state index contributed by atoms with van der Waals surface area (Å²) in [6, 6.07) is 10.6. The average molecular weight is 278 g/mol. The number of hydrogen-bond acceptors (Lipinski definition) is 2. The lowest BCUT2D eigenvalue weighted by molar-refractivity contribution is 0.459. The molecule has 0 aliphatic heterocycles. The lowest BCUT2D eigenvalue weighted by Crippen LogP contribution is -2.25. The Hall–Kier alpha value is -1.32. The zero-order chi connectivity index (χ0) is 13.8. The minimum Gasteiger partial charge on any atom is -0.311 e. The Bertz CT molecular complexity index is 521. The molecule has 0 radical (unpaired) electrons. The smallest absolute Gasteiger partial charge is 0.0834 e. The van der Waals surface area contributed by atoms with E-state index in [0.717, 1.165) is 17.3 Å². The highest BCUT2D eigenvalue weighted by atomic mass is 35.5. The van der Waals surface area contributed by atoms with Crippen LogP contribution in [0.5, 0.6) is 0 Å². The third-order valence-electron chi connectivity index (χ3n) is 3.56. The van der Waals surface area contributed by atoms with Gasteiger partial charge in [-0.2, -0.15) is 5.10 Å². The van der Waals surface area contributed by atoms with Crippen LogP contribution in [0.3, 0.4) is 0 Å². The molecule has 2 aromatic rings. The molecule has 4 heteroatoms. The maximum atomic E-state index is 6.31. The molecule has 0 amide bonds. The summed E-state index contributed by atoms with van der Waals surface area (Å²) in [5, 5.41) is 8.42. The fourth-order valence-electron chi connectivity index (χ4n) is 2.51. The van der Waals surface area contributed by atoms with E-state index in [0.29, 0.717) is 5.92 Å². The molecule has 1 heterocycles. The van der Waals surface area contributed by atoms with E-state index in [1.807, 2.05) is 17.8 Å². The molecule has 0 saturated carbocycles. The minimum atomic E-state index is 0.150. The molecule has 0 aliphatic carbocycles. The molecule has 2 atom stereocenters. The van der Waals surface area contributed by atoms with Crippen LogP contribution >= 0.6 is 11.6 Å². The highest BCUT2D eigenvalue weighted by molar-refractivity contribution is 6.31. The van der Waals surface area contributed by atoms with E-state index >= 15 is 0 Å². The van der Waals surface area contributed by atoms with Crippen molar-refractivity contribution in [1.29, 1.82) is 0 Å². The number of halogens is 1. The first-order valence-corrected chi connectivity index (χ1v) is 7.00. The zero-order valence-electron chi connectivity index (χ0n) is 11.6. The van der Waals surface area contributed by atoms with Crippen LogP contribution in [0.4, 0.5) is 0 Å². The monoisotopic (exact) mass is 277 g/mol. The second-order valence-corrected chi connectivity index (χ2v) is 5.07. The molecule has 2 rings (SSSR count). The summed E-state index contributed by atoms with van der Waals surface area (Å²) in [5.74, 6) is 0.325. The SMILES string of the molecule is CCn1ncc(Cl)c1C(NC)C(C)c1ccccc1. The van der Waals surface area contributed by atoms with Gasteiger partial charge in [-0.15, -0.1) is 0 Å². The summed E-state index contributed by atoms with van der Waals surface area (Å²) in [6.45, 7) is 5.11. The predicted molar refractivity (Wildman–Crippen MR) is 79.6 cm³/mol. The molecule has 0 fully saturated rings. The van der Waals surface area contributed by atoms with Gasteiger partial charge in [0.25, 0.3) is 0 Å². The van der Waals surface area contributed by atoms with Crippen molar-refractivity contribution in [3.05, 3.63) is 52.8 Å². The highest BCUT2D eigenvalue weighted by Crippen LogP contribution is 2.33. The van der Waals surface area contributed by atoms with Crippen molar-refractivity contribution >= 4 is 11.6 Å². The first-order valence-electron chi connectivity index (χ1n) is 6.62. The molecule has 2 unspecified atom stereocenters. The summed E-state index contributed by atoms with van der Waals surface area (Å²) in [4.78, 5) is 0. The number of likely N-dealkylation sites (N-methyl/N-ethyl adjacent to an activating group) is 1. The fourth-order valence-corrected chi connectivity index (χ4v) is 2.76. The van der Waals surface area contributed by atoms with E-state index in [9.17, 15) is 0 Å². The van der Waals surface area contributed by atoms with E-state index < -0.39 is 0 Å². The van der Waals surface area contributed by atoms with Gasteiger partial charge in [0.15, 0.2) is 0 Å². The Morgan fingerprint density at radius 3 is 2.58 bits per heavy atom. The van der Waals surface area contributed by atoms with Gasteiger partial charge in [0.05, 0.1) is 23.0 Å². The maximum absolute atomic E-state index is 6.31. The highest BCUT2D eigenvalue weighted by Gasteiger charge is 2.25. The van der Waals surface area contributed by atoms with Gasteiger partial charge in [-0.25, -0.2) is 0 Å². The van der Waals surface area contributed by atoms with Crippen molar-refractivity contribution in [3.63, 3.8) is 0 Å². The van der Waals surface area contributed by atoms with Crippen molar-refractivity contribution in [1.82, 2.24) is 15.1 Å². The number of aryl methyl sites for hydroxylation is 1. The Morgan fingerprint density at radius 1 is 1.32 bits per heavy atom. The van der Waals surface area contributed by atoms with E-state index in [-0.39, 0.29) is 6.04 Å². The summed E-state index contributed by atoms with van der Waals surface area (Å²) >= 11 is 6.31. The van der Waals surface area contributed by atoms with Crippen molar-refractivity contribution in [3.8, 4) is 0 Å². The van der Waals surface area contributed by atoms with Gasteiger partial charge >= 0.3 is 0 Å². The molecule has 102 valence electrons. The molecule has 1 N–H and O–H groups in total. The first-order chi connectivity index (χ1) is 9.19. The van der Waals surface area contributed by atoms with Crippen LogP contribution in [0.1, 0.15) is 37.1 Å². The van der Waals surface area contributed by atoms with E-state index in [1.54, 1.807) is 6.20 Å². The third-order valence-corrected chi connectivity index (χ3v) is 3.85. The van der Waals surface area contributed by atoms with Crippen molar-refractivity contribution in [2.24, 2.45) is 0 Å². The van der Waals surface area contributed by atoms with Crippen LogP contribution in [0.25, 0.3) is 0 Å². The molecule has 19 heavy (non-hydrogen) atoms.